The van der Waals surface area contributed by atoms with Crippen LogP contribution in [0.1, 0.15) is 48.2 Å². The van der Waals surface area contributed by atoms with E-state index in [4.69, 9.17) is 4.74 Å². The van der Waals surface area contributed by atoms with Crippen molar-refractivity contribution in [2.24, 2.45) is 0 Å². The number of benzene rings is 1. The second kappa shape index (κ2) is 4.07. The Morgan fingerprint density at radius 2 is 1.89 bits per heavy atom. The molecule has 0 unspecified atom stereocenters. The van der Waals surface area contributed by atoms with Gasteiger partial charge in [-0.05, 0) is 37.8 Å². The van der Waals surface area contributed by atoms with E-state index >= 15 is 0 Å². The summed E-state index contributed by atoms with van der Waals surface area (Å²) >= 11 is 1.58. The number of ether oxygens (including phenoxy) is 1. The molecule has 0 saturated heterocycles. The molecule has 2 heterocycles. The van der Waals surface area contributed by atoms with E-state index in [-0.39, 0.29) is 11.4 Å². The molecule has 0 radical (unpaired) electrons. The molecule has 2 nitrogen and oxygen atoms in total. The monoisotopic (exact) mass is 272 g/mol. The van der Waals surface area contributed by atoms with Gasteiger partial charge < -0.3 is 4.74 Å². The second-order valence-electron chi connectivity index (χ2n) is 5.70. The molecular weight excluding hydrogens is 256 g/mol. The lowest BCUT2D eigenvalue weighted by Crippen LogP contribution is -2.43. The highest BCUT2D eigenvalue weighted by atomic mass is 32.1. The predicted molar refractivity (Wildman–Crippen MR) is 77.2 cm³/mol. The Hall–Kier alpha value is -1.35. The van der Waals surface area contributed by atoms with Crippen LogP contribution in [-0.4, -0.2) is 11.4 Å². The van der Waals surface area contributed by atoms with E-state index in [1.54, 1.807) is 11.3 Å². The lowest BCUT2D eigenvalue weighted by atomic mass is 9.79. The summed E-state index contributed by atoms with van der Waals surface area (Å²) in [6.45, 7) is 0. The first kappa shape index (κ1) is 11.5. The number of hydrogen-bond donors (Lipinski definition) is 0. The molecule has 2 aromatic rings. The van der Waals surface area contributed by atoms with Gasteiger partial charge in [-0.25, -0.2) is 0 Å². The summed E-state index contributed by atoms with van der Waals surface area (Å²) in [5.41, 5.74) is -0.202. The molecule has 0 N–H and O–H groups in total. The first-order valence-corrected chi connectivity index (χ1v) is 7.83. The summed E-state index contributed by atoms with van der Waals surface area (Å²) in [6.07, 6.45) is 6.28. The van der Waals surface area contributed by atoms with Gasteiger partial charge in [0.05, 0.1) is 6.42 Å². The minimum atomic E-state index is -0.202. The third-order valence-electron chi connectivity index (χ3n) is 4.37. The van der Waals surface area contributed by atoms with Crippen LogP contribution in [0.2, 0.25) is 0 Å². The first-order chi connectivity index (χ1) is 9.27. The fraction of sp³-hybridized carbons (Fsp3) is 0.438. The topological polar surface area (TPSA) is 26.3 Å². The number of Topliss-reactive ketones (excluding diaryl/α,β-unsaturated/α-hetero) is 1. The minimum absolute atomic E-state index is 0.202. The maximum absolute atomic E-state index is 12.5. The third-order valence-corrected chi connectivity index (χ3v) is 5.56. The van der Waals surface area contributed by atoms with E-state index in [0.717, 1.165) is 33.6 Å². The number of carbonyl (C=O) groups excluding carboxylic acids is 1. The van der Waals surface area contributed by atoms with Gasteiger partial charge in [0.25, 0.3) is 0 Å². The number of thiophene rings is 1. The van der Waals surface area contributed by atoms with Crippen molar-refractivity contribution < 1.29 is 9.53 Å². The van der Waals surface area contributed by atoms with Crippen LogP contribution in [-0.2, 0) is 0 Å². The zero-order chi connectivity index (χ0) is 12.9. The summed E-state index contributed by atoms with van der Waals surface area (Å²) in [6, 6.07) is 8.18. The van der Waals surface area contributed by atoms with Gasteiger partial charge in [0, 0.05) is 10.1 Å². The first-order valence-electron chi connectivity index (χ1n) is 7.01. The Kier molecular flexibility index (Phi) is 2.46. The van der Waals surface area contributed by atoms with Crippen molar-refractivity contribution in [1.82, 2.24) is 0 Å². The largest absolute Gasteiger partial charge is 0.485 e. The van der Waals surface area contributed by atoms with Gasteiger partial charge in [-0.15, -0.1) is 11.3 Å². The molecule has 0 atom stereocenters. The summed E-state index contributed by atoms with van der Waals surface area (Å²) in [4.78, 5) is 13.3. The van der Waals surface area contributed by atoms with Crippen LogP contribution in [0.25, 0.3) is 10.1 Å². The van der Waals surface area contributed by atoms with Crippen LogP contribution in [0.3, 0.4) is 0 Å². The molecule has 1 aliphatic heterocycles. The van der Waals surface area contributed by atoms with Crippen molar-refractivity contribution in [3.63, 3.8) is 0 Å². The predicted octanol–water partition coefficient (Wildman–Crippen LogP) is 4.57. The van der Waals surface area contributed by atoms with Gasteiger partial charge in [-0.2, -0.15) is 0 Å². The molecular formula is C16H16O2S. The number of rotatable bonds is 0. The molecule has 0 bridgehead atoms. The Bertz CT molecular complexity index is 650. The van der Waals surface area contributed by atoms with E-state index in [1.165, 1.54) is 19.3 Å². The Morgan fingerprint density at radius 3 is 2.74 bits per heavy atom. The second-order valence-corrected chi connectivity index (χ2v) is 6.75. The van der Waals surface area contributed by atoms with Crippen LogP contribution in [0.15, 0.2) is 24.3 Å². The minimum Gasteiger partial charge on any atom is -0.485 e. The summed E-state index contributed by atoms with van der Waals surface area (Å²) in [5, 5.41) is 1.11. The normalized spacial score (nSPS) is 21.4. The number of ketones is 1. The molecule has 4 rings (SSSR count). The zero-order valence-electron chi connectivity index (χ0n) is 10.8. The number of hydrogen-bond acceptors (Lipinski definition) is 3. The quantitative estimate of drug-likeness (QED) is 0.702. The fourth-order valence-corrected chi connectivity index (χ4v) is 4.47. The highest BCUT2D eigenvalue weighted by molar-refractivity contribution is 7.21. The van der Waals surface area contributed by atoms with Crippen molar-refractivity contribution >= 4 is 27.2 Å². The van der Waals surface area contributed by atoms with Crippen molar-refractivity contribution in [3.8, 4) is 5.75 Å². The van der Waals surface area contributed by atoms with Crippen molar-refractivity contribution in [2.75, 3.05) is 0 Å². The van der Waals surface area contributed by atoms with Crippen LogP contribution < -0.4 is 4.74 Å². The molecule has 1 fully saturated rings. The SMILES string of the molecule is O=C1CC2(CCCCC2)Oc2c1sc1ccccc21. The zero-order valence-corrected chi connectivity index (χ0v) is 11.6. The highest BCUT2D eigenvalue weighted by Crippen LogP contribution is 2.48. The molecule has 1 saturated carbocycles. The van der Waals surface area contributed by atoms with Crippen molar-refractivity contribution in [1.29, 1.82) is 0 Å². The van der Waals surface area contributed by atoms with Crippen molar-refractivity contribution in [3.05, 3.63) is 29.1 Å². The van der Waals surface area contributed by atoms with Gasteiger partial charge in [0.1, 0.15) is 16.2 Å². The molecule has 98 valence electrons. The molecule has 3 heteroatoms. The average Bonchev–Trinajstić information content (AvgIpc) is 2.79. The van der Waals surface area contributed by atoms with E-state index < -0.39 is 0 Å². The third kappa shape index (κ3) is 1.71. The summed E-state index contributed by atoms with van der Waals surface area (Å²) < 4.78 is 7.53. The molecule has 1 aliphatic carbocycles. The highest BCUT2D eigenvalue weighted by Gasteiger charge is 2.42. The van der Waals surface area contributed by atoms with Gasteiger partial charge >= 0.3 is 0 Å². The maximum Gasteiger partial charge on any atom is 0.180 e. The molecule has 0 amide bonds. The van der Waals surface area contributed by atoms with Crippen LogP contribution in [0.5, 0.6) is 5.75 Å². The Balaban J connectivity index is 1.86. The van der Waals surface area contributed by atoms with Gasteiger partial charge in [-0.1, -0.05) is 18.6 Å². The van der Waals surface area contributed by atoms with E-state index in [1.807, 2.05) is 12.1 Å². The van der Waals surface area contributed by atoms with E-state index in [9.17, 15) is 4.79 Å². The van der Waals surface area contributed by atoms with Crippen LogP contribution in [0, 0.1) is 0 Å². The van der Waals surface area contributed by atoms with Crippen molar-refractivity contribution in [2.45, 2.75) is 44.1 Å². The van der Waals surface area contributed by atoms with E-state index in [0.29, 0.717) is 6.42 Å². The Morgan fingerprint density at radius 1 is 1.11 bits per heavy atom. The van der Waals surface area contributed by atoms with Crippen LogP contribution >= 0.6 is 11.3 Å². The molecule has 1 aromatic carbocycles. The van der Waals surface area contributed by atoms with Gasteiger partial charge in [-0.3, -0.25) is 4.79 Å². The van der Waals surface area contributed by atoms with Crippen LogP contribution in [0.4, 0.5) is 0 Å². The fourth-order valence-electron chi connectivity index (χ4n) is 3.41. The van der Waals surface area contributed by atoms with Gasteiger partial charge in [0.15, 0.2) is 5.78 Å². The number of carbonyl (C=O) groups is 1. The molecule has 19 heavy (non-hydrogen) atoms. The molecule has 1 aromatic heterocycles. The Labute approximate surface area is 116 Å². The maximum atomic E-state index is 12.5. The average molecular weight is 272 g/mol. The smallest absolute Gasteiger partial charge is 0.180 e. The lowest BCUT2D eigenvalue weighted by molar-refractivity contribution is 0.0157. The number of fused-ring (bicyclic) bond motifs is 3. The lowest BCUT2D eigenvalue weighted by Gasteiger charge is -2.39. The van der Waals surface area contributed by atoms with Gasteiger partial charge in [0.2, 0.25) is 0 Å². The van der Waals surface area contributed by atoms with E-state index in [2.05, 4.69) is 12.1 Å². The molecule has 1 spiro atoms. The summed E-state index contributed by atoms with van der Waals surface area (Å²) in [7, 11) is 0. The summed E-state index contributed by atoms with van der Waals surface area (Å²) in [5.74, 6) is 1.14. The standard InChI is InChI=1S/C16H16O2S/c17-12-10-16(8-4-1-5-9-16)18-14-11-6-2-3-7-13(11)19-15(12)14/h2-3,6-7H,1,4-5,8-10H2. The molecule has 2 aliphatic rings.